The minimum absolute atomic E-state index is 0.266. The van der Waals surface area contributed by atoms with Crippen molar-refractivity contribution in [2.45, 2.75) is 20.0 Å². The molecule has 1 heterocycles. The quantitative estimate of drug-likeness (QED) is 0.759. The Labute approximate surface area is 149 Å². The fourth-order valence-electron chi connectivity index (χ4n) is 2.20. The zero-order valence-corrected chi connectivity index (χ0v) is 14.4. The third-order valence-electron chi connectivity index (χ3n) is 3.57. The van der Waals surface area contributed by atoms with Crippen LogP contribution < -0.4 is 10.1 Å². The number of aryl methyl sites for hydroxylation is 1. The minimum atomic E-state index is -0.692. The van der Waals surface area contributed by atoms with Gasteiger partial charge < -0.3 is 10.1 Å². The highest BCUT2D eigenvalue weighted by Crippen LogP contribution is 2.21. The molecule has 7 nitrogen and oxygen atoms in total. The largest absolute Gasteiger partial charge is 0.481 e. The highest BCUT2D eigenvalue weighted by molar-refractivity contribution is 6.31. The van der Waals surface area contributed by atoms with Crippen LogP contribution in [0.2, 0.25) is 5.02 Å². The maximum atomic E-state index is 12.4. The molecule has 0 saturated carbocycles. The summed E-state index contributed by atoms with van der Waals surface area (Å²) in [6.45, 7) is 3.58. The number of ether oxygens (including phenoxy) is 1. The number of benzene rings is 2. The number of halogens is 1. The van der Waals surface area contributed by atoms with E-state index in [9.17, 15) is 4.79 Å². The van der Waals surface area contributed by atoms with E-state index < -0.39 is 6.10 Å². The highest BCUT2D eigenvalue weighted by Gasteiger charge is 2.16. The lowest BCUT2D eigenvalue weighted by Crippen LogP contribution is -2.30. The summed E-state index contributed by atoms with van der Waals surface area (Å²) in [6, 6.07) is 12.5. The number of hydrogen-bond donors (Lipinski definition) is 1. The van der Waals surface area contributed by atoms with Crippen molar-refractivity contribution >= 4 is 23.2 Å². The topological polar surface area (TPSA) is 81.9 Å². The van der Waals surface area contributed by atoms with Crippen LogP contribution in [0.15, 0.2) is 48.8 Å². The second kappa shape index (κ2) is 7.31. The van der Waals surface area contributed by atoms with Gasteiger partial charge in [-0.15, -0.1) is 5.10 Å². The van der Waals surface area contributed by atoms with Crippen LogP contribution >= 0.6 is 11.6 Å². The van der Waals surface area contributed by atoms with Gasteiger partial charge >= 0.3 is 0 Å². The molecule has 2 aromatic carbocycles. The molecule has 0 aliphatic rings. The summed E-state index contributed by atoms with van der Waals surface area (Å²) in [6.07, 6.45) is 0.791. The number of hydrogen-bond acceptors (Lipinski definition) is 5. The van der Waals surface area contributed by atoms with Crippen molar-refractivity contribution in [1.82, 2.24) is 20.2 Å². The van der Waals surface area contributed by atoms with Crippen LogP contribution in [-0.4, -0.2) is 32.2 Å². The molecule has 0 unspecified atom stereocenters. The van der Waals surface area contributed by atoms with Gasteiger partial charge in [0.15, 0.2) is 6.10 Å². The van der Waals surface area contributed by atoms with Crippen molar-refractivity contribution in [1.29, 1.82) is 0 Å². The van der Waals surface area contributed by atoms with Gasteiger partial charge in [0, 0.05) is 16.8 Å². The molecule has 1 N–H and O–H groups in total. The van der Waals surface area contributed by atoms with Gasteiger partial charge in [0.25, 0.3) is 5.91 Å². The lowest BCUT2D eigenvalue weighted by Gasteiger charge is -2.16. The molecule has 0 bridgehead atoms. The average molecular weight is 358 g/mol. The molecule has 0 saturated heterocycles. The van der Waals surface area contributed by atoms with Gasteiger partial charge in [-0.25, -0.2) is 4.68 Å². The van der Waals surface area contributed by atoms with E-state index in [4.69, 9.17) is 16.3 Å². The molecule has 3 aromatic rings. The number of anilines is 1. The second-order valence-electron chi connectivity index (χ2n) is 5.46. The van der Waals surface area contributed by atoms with E-state index >= 15 is 0 Å². The van der Waals surface area contributed by atoms with E-state index in [1.165, 1.54) is 11.0 Å². The molecule has 1 aromatic heterocycles. The predicted molar refractivity (Wildman–Crippen MR) is 94.1 cm³/mol. The maximum absolute atomic E-state index is 12.4. The first-order valence-corrected chi connectivity index (χ1v) is 7.98. The Morgan fingerprint density at radius 2 is 2.12 bits per heavy atom. The number of rotatable bonds is 5. The Morgan fingerprint density at radius 1 is 1.28 bits per heavy atom. The van der Waals surface area contributed by atoms with Gasteiger partial charge in [-0.3, -0.25) is 4.79 Å². The molecule has 0 aliphatic heterocycles. The van der Waals surface area contributed by atoms with E-state index in [1.807, 2.05) is 19.1 Å². The Balaban J connectivity index is 1.69. The highest BCUT2D eigenvalue weighted by atomic mass is 35.5. The van der Waals surface area contributed by atoms with Gasteiger partial charge in [-0.2, -0.15) is 0 Å². The van der Waals surface area contributed by atoms with Gasteiger partial charge in [-0.1, -0.05) is 23.7 Å². The minimum Gasteiger partial charge on any atom is -0.481 e. The van der Waals surface area contributed by atoms with E-state index in [0.29, 0.717) is 16.5 Å². The summed E-state index contributed by atoms with van der Waals surface area (Å²) in [5.74, 6) is 0.275. The molecule has 3 rings (SSSR count). The lowest BCUT2D eigenvalue weighted by molar-refractivity contribution is -0.122. The van der Waals surface area contributed by atoms with Gasteiger partial charge in [0.05, 0.1) is 5.69 Å². The van der Waals surface area contributed by atoms with E-state index in [1.54, 1.807) is 37.3 Å². The molecule has 0 aliphatic carbocycles. The van der Waals surface area contributed by atoms with Crippen molar-refractivity contribution in [3.05, 3.63) is 59.4 Å². The van der Waals surface area contributed by atoms with Crippen LogP contribution in [-0.2, 0) is 4.79 Å². The fraction of sp³-hybridized carbons (Fsp3) is 0.176. The summed E-state index contributed by atoms with van der Waals surface area (Å²) >= 11 is 5.97. The number of carbonyl (C=O) groups excluding carboxylic acids is 1. The number of nitrogens with zero attached hydrogens (tertiary/aromatic N) is 4. The number of aromatic nitrogens is 4. The Kier molecular flexibility index (Phi) is 4.95. The van der Waals surface area contributed by atoms with E-state index in [2.05, 4.69) is 20.8 Å². The van der Waals surface area contributed by atoms with Crippen LogP contribution in [0.5, 0.6) is 5.75 Å². The normalized spacial score (nSPS) is 11.8. The zero-order chi connectivity index (χ0) is 17.8. The standard InChI is InChI=1S/C17H16ClN5O2/c1-11-6-7-13(18)8-16(11)20-17(24)12(2)25-15-5-3-4-14(9-15)23-10-19-21-22-23/h3-10,12H,1-2H3,(H,20,24)/t12-/m1/s1. The maximum Gasteiger partial charge on any atom is 0.265 e. The average Bonchev–Trinajstić information content (AvgIpc) is 3.13. The number of nitrogens with one attached hydrogen (secondary N) is 1. The second-order valence-corrected chi connectivity index (χ2v) is 5.90. The summed E-state index contributed by atoms with van der Waals surface area (Å²) in [5.41, 5.74) is 2.32. The lowest BCUT2D eigenvalue weighted by atomic mass is 10.2. The van der Waals surface area contributed by atoms with Crippen molar-refractivity contribution in [3.8, 4) is 11.4 Å². The van der Waals surface area contributed by atoms with E-state index in [0.717, 1.165) is 11.3 Å². The molecular formula is C17H16ClN5O2. The van der Waals surface area contributed by atoms with Crippen molar-refractivity contribution in [2.24, 2.45) is 0 Å². The molecule has 0 radical (unpaired) electrons. The van der Waals surface area contributed by atoms with Crippen molar-refractivity contribution in [3.63, 3.8) is 0 Å². The fourth-order valence-corrected chi connectivity index (χ4v) is 2.37. The van der Waals surface area contributed by atoms with Crippen molar-refractivity contribution in [2.75, 3.05) is 5.32 Å². The molecule has 128 valence electrons. The summed E-state index contributed by atoms with van der Waals surface area (Å²) in [5, 5.41) is 14.4. The van der Waals surface area contributed by atoms with Gasteiger partial charge in [-0.05, 0) is 54.1 Å². The van der Waals surface area contributed by atoms with Crippen LogP contribution in [0, 0.1) is 6.92 Å². The van der Waals surface area contributed by atoms with Crippen LogP contribution in [0.4, 0.5) is 5.69 Å². The Bertz CT molecular complexity index is 883. The summed E-state index contributed by atoms with van der Waals surface area (Å²) in [4.78, 5) is 12.4. The monoisotopic (exact) mass is 357 g/mol. The van der Waals surface area contributed by atoms with Crippen LogP contribution in [0.3, 0.4) is 0 Å². The molecular weight excluding hydrogens is 342 g/mol. The number of tetrazole rings is 1. The first-order valence-electron chi connectivity index (χ1n) is 7.60. The smallest absolute Gasteiger partial charge is 0.265 e. The molecule has 8 heteroatoms. The molecule has 25 heavy (non-hydrogen) atoms. The predicted octanol–water partition coefficient (Wildman–Crippen LogP) is 3.03. The first kappa shape index (κ1) is 16.9. The number of amides is 1. The van der Waals surface area contributed by atoms with Crippen LogP contribution in [0.1, 0.15) is 12.5 Å². The third-order valence-corrected chi connectivity index (χ3v) is 3.81. The Hall–Kier alpha value is -2.93. The SMILES string of the molecule is Cc1ccc(Cl)cc1NC(=O)[C@@H](C)Oc1cccc(-n2cnnn2)c1. The molecule has 0 spiro atoms. The van der Waals surface area contributed by atoms with E-state index in [-0.39, 0.29) is 5.91 Å². The summed E-state index contributed by atoms with van der Waals surface area (Å²) in [7, 11) is 0. The first-order chi connectivity index (χ1) is 12.0. The Morgan fingerprint density at radius 3 is 2.88 bits per heavy atom. The molecule has 1 atom stereocenters. The van der Waals surface area contributed by atoms with Crippen molar-refractivity contribution < 1.29 is 9.53 Å². The van der Waals surface area contributed by atoms with Gasteiger partial charge in [0.1, 0.15) is 12.1 Å². The summed E-state index contributed by atoms with van der Waals surface area (Å²) < 4.78 is 7.24. The van der Waals surface area contributed by atoms with Gasteiger partial charge in [0.2, 0.25) is 0 Å². The molecule has 0 fully saturated rings. The van der Waals surface area contributed by atoms with Crippen LogP contribution in [0.25, 0.3) is 5.69 Å². The third kappa shape index (κ3) is 4.13. The number of carbonyl (C=O) groups is 1. The zero-order valence-electron chi connectivity index (χ0n) is 13.7. The molecule has 1 amide bonds.